The monoisotopic (exact) mass is 1510 g/mol. The summed E-state index contributed by atoms with van der Waals surface area (Å²) in [5.74, 6) is -4.20. The minimum Gasteiger partial charge on any atom is -0.479 e. The van der Waals surface area contributed by atoms with Crippen LogP contribution in [0, 0.1) is 50.2 Å². The fraction of sp³-hybridized carbons (Fsp3) is 0.824. The van der Waals surface area contributed by atoms with Crippen molar-refractivity contribution < 1.29 is 158 Å². The normalized spacial score (nSPS) is 51.3. The van der Waals surface area contributed by atoms with E-state index in [1.165, 1.54) is 19.9 Å². The second-order valence-corrected chi connectivity index (χ2v) is 33.6. The third-order valence-corrected chi connectivity index (χ3v) is 27.3. The zero-order valence-electron chi connectivity index (χ0n) is 61.4. The Balaban J connectivity index is 0.856. The first-order chi connectivity index (χ1) is 49.7. The van der Waals surface area contributed by atoms with Gasteiger partial charge in [-0.15, -0.1) is 0 Å². The van der Waals surface area contributed by atoms with Crippen LogP contribution in [0.4, 0.5) is 0 Å². The summed E-state index contributed by atoms with van der Waals surface area (Å²) in [4.78, 5) is 41.7. The Morgan fingerprint density at radius 2 is 1.07 bits per heavy atom. The van der Waals surface area contributed by atoms with Crippen molar-refractivity contribution in [1.29, 1.82) is 0 Å². The van der Waals surface area contributed by atoms with Crippen LogP contribution < -0.4 is 0 Å². The molecule has 5 saturated carbocycles. The van der Waals surface area contributed by atoms with Crippen molar-refractivity contribution in [2.45, 2.75) is 317 Å². The third kappa shape index (κ3) is 13.3. The lowest BCUT2D eigenvalue weighted by Gasteiger charge is -2.75. The molecule has 1 aromatic rings. The van der Waals surface area contributed by atoms with Crippen molar-refractivity contribution in [3.05, 3.63) is 53.6 Å². The number of carboxylic acid groups (broad SMARTS) is 1. The van der Waals surface area contributed by atoms with Gasteiger partial charge in [0.25, 0.3) is 0 Å². The van der Waals surface area contributed by atoms with Gasteiger partial charge in [0, 0.05) is 28.4 Å². The van der Waals surface area contributed by atoms with Gasteiger partial charge in [-0.25, -0.2) is 14.4 Å². The van der Waals surface area contributed by atoms with Gasteiger partial charge in [0.15, 0.2) is 49.9 Å². The number of carbonyl (C=O) groups excluding carboxylic acids is 2. The van der Waals surface area contributed by atoms with Crippen molar-refractivity contribution in [2.75, 3.05) is 13.2 Å². The molecular weight excluding hydrogens is 1400 g/mol. The fourth-order valence-corrected chi connectivity index (χ4v) is 21.2. The number of allylic oxidation sites excluding steroid dienone is 1. The first-order valence-electron chi connectivity index (χ1n) is 37.0. The average molecular weight is 1510 g/mol. The zero-order chi connectivity index (χ0) is 77.4. The maximum absolute atomic E-state index is 14.3. The van der Waals surface area contributed by atoms with E-state index in [0.717, 1.165) is 0 Å². The number of aliphatic carboxylic acids is 1. The molecule has 16 N–H and O–H groups in total. The molecule has 11 fully saturated rings. The lowest BCUT2D eigenvalue weighted by Crippen LogP contribution is -2.77. The van der Waals surface area contributed by atoms with Crippen LogP contribution in [0.1, 0.15) is 133 Å². The Morgan fingerprint density at radius 1 is 0.538 bits per heavy atom. The molecule has 32 heteroatoms. The highest BCUT2D eigenvalue weighted by molar-refractivity contribution is 5.88. The van der Waals surface area contributed by atoms with E-state index >= 15 is 0 Å². The van der Waals surface area contributed by atoms with E-state index < -0.39 is 259 Å². The summed E-state index contributed by atoms with van der Waals surface area (Å²) in [6.45, 7) is 18.5. The summed E-state index contributed by atoms with van der Waals surface area (Å²) < 4.78 is 82.1. The van der Waals surface area contributed by atoms with Gasteiger partial charge in [-0.05, 0) is 119 Å². The van der Waals surface area contributed by atoms with E-state index in [0.29, 0.717) is 49.7 Å². The summed E-state index contributed by atoms with van der Waals surface area (Å²) >= 11 is 0. The quantitative estimate of drug-likeness (QED) is 0.0460. The molecule has 1 spiro atoms. The number of carbonyl (C=O) groups is 3. The summed E-state index contributed by atoms with van der Waals surface area (Å²) in [7, 11) is 0. The highest BCUT2D eigenvalue weighted by atomic mass is 16.8. The maximum atomic E-state index is 14.3. The lowest BCUT2D eigenvalue weighted by molar-refractivity contribution is -0.412. The first kappa shape index (κ1) is 81.6. The number of ether oxygens (including phenoxy) is 13. The summed E-state index contributed by atoms with van der Waals surface area (Å²) in [6, 6.07) is 9.10. The van der Waals surface area contributed by atoms with Gasteiger partial charge in [0.05, 0.1) is 48.6 Å². The second kappa shape index (κ2) is 30.2. The molecule has 106 heavy (non-hydrogen) atoms. The number of hydrogen-bond acceptors (Lipinski definition) is 31. The van der Waals surface area contributed by atoms with Crippen LogP contribution in [-0.2, 0) is 76.0 Å². The maximum Gasteiger partial charge on any atom is 0.335 e. The van der Waals surface area contributed by atoms with Crippen molar-refractivity contribution in [2.24, 2.45) is 50.2 Å². The number of carboxylic acids is 1. The first-order valence-corrected chi connectivity index (χ1v) is 37.0. The Morgan fingerprint density at radius 3 is 1.69 bits per heavy atom. The van der Waals surface area contributed by atoms with Gasteiger partial charge in [-0.2, -0.15) is 0 Å². The molecule has 38 atom stereocenters. The Hall–Kier alpha value is -3.93. The van der Waals surface area contributed by atoms with Gasteiger partial charge in [0.1, 0.15) is 110 Å². The standard InChI is InChI=1S/C74H110O32/c1-12-30(2)61(92)105-58-59(99-41(78)19-18-33-16-14-13-15-17-33)74-38(26-68(58,5)6)73(106-67(74)93)25-21-37-70(9)23-22-40(69(7,8)36(70)20-24-71(37,10)72(73,11)27-39(74)77)98-66-57(104-63-51(88)47(84)44(81)34(28-75)96-63)53(52(89)54(101-66)60(90)91)100-65-56(49(86)45(82)35(29-76)97-65)103-64-55(48(85)43(80)32(4)95-64)102-62-50(87)46(83)42(79)31(3)94-62/h12-19,31-32,34-40,42-59,62-67,75-77,79-89,93H,20-29H2,1-11H3,(H,90,91)/b19-18+,30-12-/t31-,32-,34?,35?,36?,37?,38?,39+,40-,42-,43?,44+,45-,46?,47?,48-,49?,50-,51-,52-,53?,54?,55?,56-,57-,58-,59-,62?,63-,64?,65-,66+,67-,70-,71+,72-,73-,74+/m0/s1. The number of aliphatic hydroxyl groups excluding tert-OH is 15. The average Bonchev–Trinajstić information content (AvgIpc) is 1.39. The van der Waals surface area contributed by atoms with Gasteiger partial charge in [-0.3, -0.25) is 0 Å². The molecule has 32 nitrogen and oxygen atoms in total. The number of hydrogen-bond donors (Lipinski definition) is 16. The molecule has 6 heterocycles. The smallest absolute Gasteiger partial charge is 0.335 e. The fourth-order valence-electron chi connectivity index (χ4n) is 21.2. The van der Waals surface area contributed by atoms with Crippen molar-refractivity contribution in [3.8, 4) is 0 Å². The predicted molar refractivity (Wildman–Crippen MR) is 359 cm³/mol. The Labute approximate surface area is 613 Å². The van der Waals surface area contributed by atoms with Crippen LogP contribution in [0.3, 0.4) is 0 Å². The van der Waals surface area contributed by atoms with E-state index in [4.69, 9.17) is 61.6 Å². The third-order valence-electron chi connectivity index (χ3n) is 27.3. The summed E-state index contributed by atoms with van der Waals surface area (Å²) in [5.41, 5.74) is -5.73. The van der Waals surface area contributed by atoms with Crippen LogP contribution in [0.25, 0.3) is 6.08 Å². The molecule has 12 rings (SSSR count). The molecule has 0 aromatic heterocycles. The molecule has 598 valence electrons. The predicted octanol–water partition coefficient (Wildman–Crippen LogP) is -1.34. The zero-order valence-corrected chi connectivity index (χ0v) is 61.4. The van der Waals surface area contributed by atoms with E-state index in [-0.39, 0.29) is 24.7 Å². The van der Waals surface area contributed by atoms with Crippen molar-refractivity contribution >= 4 is 24.0 Å². The minimum absolute atomic E-state index is 0.0915. The minimum atomic E-state index is -2.38. The number of rotatable bonds is 18. The molecule has 1 aromatic carbocycles. The second-order valence-electron chi connectivity index (χ2n) is 33.6. The highest BCUT2D eigenvalue weighted by Crippen LogP contribution is 2.82. The van der Waals surface area contributed by atoms with Gasteiger partial charge >= 0.3 is 17.9 Å². The highest BCUT2D eigenvalue weighted by Gasteiger charge is 2.86. The summed E-state index contributed by atoms with van der Waals surface area (Å²) in [6.07, 6.45) is -47.3. The van der Waals surface area contributed by atoms with Gasteiger partial charge in [-0.1, -0.05) is 84.9 Å². The van der Waals surface area contributed by atoms with E-state index in [9.17, 15) is 96.1 Å². The molecule has 0 radical (unpaired) electrons. The van der Waals surface area contributed by atoms with Crippen molar-refractivity contribution in [1.82, 2.24) is 0 Å². The Bertz CT molecular complexity index is 3340. The number of benzene rings is 1. The molecule has 5 aliphatic carbocycles. The number of aliphatic hydroxyl groups is 15. The van der Waals surface area contributed by atoms with E-state index in [2.05, 4.69) is 20.8 Å². The van der Waals surface area contributed by atoms with Crippen LogP contribution in [0.15, 0.2) is 48.1 Å². The summed E-state index contributed by atoms with van der Waals surface area (Å²) in [5, 5.41) is 182. The molecule has 6 aliphatic heterocycles. The van der Waals surface area contributed by atoms with Crippen molar-refractivity contribution in [3.63, 3.8) is 0 Å². The number of esters is 2. The van der Waals surface area contributed by atoms with Crippen LogP contribution in [-0.4, -0.2) is 303 Å². The van der Waals surface area contributed by atoms with E-state index in [1.54, 1.807) is 26.0 Å². The van der Waals surface area contributed by atoms with E-state index in [1.807, 2.05) is 58.0 Å². The molecule has 2 bridgehead atoms. The van der Waals surface area contributed by atoms with Gasteiger partial charge < -0.3 is 143 Å². The Kier molecular flexibility index (Phi) is 23.2. The largest absolute Gasteiger partial charge is 0.479 e. The SMILES string of the molecule is C/C=C(/C)C(=O)O[C@H]1[C@H](OC(=O)/C=C/c2ccccc2)[C@@]23C(CC1(C)C)[C@]1(CCC4[C@@]5(C)CC[C@H](O[C@@H]6OC(C(=O)O)[C@@H](O)C(O[C@@H]7OC(CO)[C@H](O)C(O)[C@@H]7OC7O[C@@H](C)C(O)[C@H](O)C7OC7O[C@@H](C)[C@H](O)C(O)[C@@H]7O)[C@@H]6O[C@@H]6OC(CO)[C@@H](O)C(O)[C@@H]6O)C(C)(C)C5CC[C@@]4(C)[C@]1(C)C[C@H]2O)O[C@@H]3O. The number of fused-ring (bicyclic) bond motifs is 4. The molecule has 6 saturated heterocycles. The molecular formula is C74H110O32. The van der Waals surface area contributed by atoms with Gasteiger partial charge in [0.2, 0.25) is 0 Å². The van der Waals surface area contributed by atoms with Crippen LogP contribution in [0.5, 0.6) is 0 Å². The van der Waals surface area contributed by atoms with Crippen LogP contribution in [0.2, 0.25) is 0 Å². The molecule has 14 unspecified atom stereocenters. The lowest BCUT2D eigenvalue weighted by atomic mass is 9.30. The van der Waals surface area contributed by atoms with Crippen LogP contribution >= 0.6 is 0 Å². The molecule has 0 amide bonds. The molecule has 11 aliphatic rings. The topological polar surface area (TPSA) is 495 Å².